The van der Waals surface area contributed by atoms with Crippen LogP contribution in [-0.4, -0.2) is 24.1 Å². The Hall–Kier alpha value is -3.22. The van der Waals surface area contributed by atoms with Gasteiger partial charge in [-0.15, -0.1) is 0 Å². The number of anilines is 2. The van der Waals surface area contributed by atoms with Gasteiger partial charge in [0.15, 0.2) is 5.65 Å². The average molecular weight is 374 g/mol. The zero-order valence-electron chi connectivity index (χ0n) is 16.0. The lowest BCUT2D eigenvalue weighted by atomic mass is 10.2. The standard InChI is InChI=1S/C21H22N6O/c1-3-26-11-22-17-7-6-15(9-16(17)21(26)28)24-18-8-13(2)19-20(25-18)27(12-23-19)10-14-4-5-14/h6-9,11-12,14H,3-5,10H2,1-2H3,(H,24,25). The van der Waals surface area contributed by atoms with Crippen LogP contribution in [0.2, 0.25) is 0 Å². The molecule has 1 fully saturated rings. The Labute approximate surface area is 162 Å². The quantitative estimate of drug-likeness (QED) is 0.577. The second kappa shape index (κ2) is 6.44. The molecule has 1 aromatic carbocycles. The van der Waals surface area contributed by atoms with E-state index in [0.717, 1.165) is 40.7 Å². The van der Waals surface area contributed by atoms with E-state index in [-0.39, 0.29) is 5.56 Å². The monoisotopic (exact) mass is 374 g/mol. The van der Waals surface area contributed by atoms with Gasteiger partial charge in [-0.2, -0.15) is 0 Å². The van der Waals surface area contributed by atoms with Crippen molar-refractivity contribution in [3.05, 3.63) is 52.8 Å². The SMILES string of the molecule is CCn1cnc2ccc(Nc3cc(C)c4ncn(CC5CC5)c4n3)cc2c1=O. The Balaban J connectivity index is 1.53. The summed E-state index contributed by atoms with van der Waals surface area (Å²) in [5.41, 5.74) is 4.42. The van der Waals surface area contributed by atoms with Crippen LogP contribution in [0.3, 0.4) is 0 Å². The molecule has 4 aromatic rings. The number of imidazole rings is 1. The summed E-state index contributed by atoms with van der Waals surface area (Å²) in [4.78, 5) is 26.3. The van der Waals surface area contributed by atoms with E-state index in [1.54, 1.807) is 10.9 Å². The summed E-state index contributed by atoms with van der Waals surface area (Å²) in [6.07, 6.45) is 6.06. The molecule has 0 bridgehead atoms. The van der Waals surface area contributed by atoms with Crippen LogP contribution in [0.15, 0.2) is 41.7 Å². The first-order valence-corrected chi connectivity index (χ1v) is 9.71. The molecule has 1 N–H and O–H groups in total. The highest BCUT2D eigenvalue weighted by atomic mass is 16.1. The van der Waals surface area contributed by atoms with Crippen LogP contribution in [-0.2, 0) is 13.1 Å². The molecule has 3 aromatic heterocycles. The minimum atomic E-state index is -0.0294. The van der Waals surface area contributed by atoms with Crippen LogP contribution in [0.1, 0.15) is 25.3 Å². The molecule has 7 heteroatoms. The molecule has 5 rings (SSSR count). The zero-order chi connectivity index (χ0) is 19.3. The Morgan fingerprint density at radius 3 is 2.75 bits per heavy atom. The van der Waals surface area contributed by atoms with Crippen LogP contribution >= 0.6 is 0 Å². The molecule has 142 valence electrons. The van der Waals surface area contributed by atoms with Crippen LogP contribution in [0.5, 0.6) is 0 Å². The van der Waals surface area contributed by atoms with Crippen molar-refractivity contribution in [3.63, 3.8) is 0 Å². The molecular formula is C21H22N6O. The molecule has 1 aliphatic rings. The van der Waals surface area contributed by atoms with E-state index in [2.05, 4.69) is 19.9 Å². The smallest absolute Gasteiger partial charge is 0.261 e. The molecule has 0 amide bonds. The molecule has 7 nitrogen and oxygen atoms in total. The van der Waals surface area contributed by atoms with E-state index in [1.165, 1.54) is 12.8 Å². The summed E-state index contributed by atoms with van der Waals surface area (Å²) in [5.74, 6) is 1.51. The summed E-state index contributed by atoms with van der Waals surface area (Å²) in [7, 11) is 0. The molecule has 1 saturated carbocycles. The van der Waals surface area contributed by atoms with Crippen molar-refractivity contribution in [3.8, 4) is 0 Å². The number of pyridine rings is 1. The van der Waals surface area contributed by atoms with Gasteiger partial charge in [-0.1, -0.05) is 0 Å². The van der Waals surface area contributed by atoms with Gasteiger partial charge in [0.2, 0.25) is 0 Å². The van der Waals surface area contributed by atoms with Gasteiger partial charge in [0.1, 0.15) is 11.3 Å². The van der Waals surface area contributed by atoms with Crippen LogP contribution < -0.4 is 10.9 Å². The van der Waals surface area contributed by atoms with Gasteiger partial charge in [-0.3, -0.25) is 9.36 Å². The van der Waals surface area contributed by atoms with Crippen molar-refractivity contribution in [1.29, 1.82) is 0 Å². The van der Waals surface area contributed by atoms with E-state index >= 15 is 0 Å². The van der Waals surface area contributed by atoms with Crippen molar-refractivity contribution in [2.45, 2.75) is 39.8 Å². The summed E-state index contributed by atoms with van der Waals surface area (Å²) in [6, 6.07) is 7.63. The topological polar surface area (TPSA) is 77.6 Å². The average Bonchev–Trinajstić information content (AvgIpc) is 3.42. The Bertz CT molecular complexity index is 1250. The highest BCUT2D eigenvalue weighted by Gasteiger charge is 2.23. The fraction of sp³-hybridized carbons (Fsp3) is 0.333. The fourth-order valence-electron chi connectivity index (χ4n) is 3.58. The van der Waals surface area contributed by atoms with Crippen molar-refractivity contribution in [1.82, 2.24) is 24.1 Å². The van der Waals surface area contributed by atoms with Crippen molar-refractivity contribution in [2.75, 3.05) is 5.32 Å². The Kier molecular flexibility index (Phi) is 3.89. The van der Waals surface area contributed by atoms with Crippen molar-refractivity contribution >= 4 is 33.6 Å². The lowest BCUT2D eigenvalue weighted by Gasteiger charge is -2.10. The maximum absolute atomic E-state index is 12.6. The number of fused-ring (bicyclic) bond motifs is 2. The summed E-state index contributed by atoms with van der Waals surface area (Å²) >= 11 is 0. The Morgan fingerprint density at radius 2 is 1.96 bits per heavy atom. The number of aromatic nitrogens is 5. The molecule has 1 aliphatic carbocycles. The summed E-state index contributed by atoms with van der Waals surface area (Å²) in [6.45, 7) is 5.56. The highest BCUT2D eigenvalue weighted by Crippen LogP contribution is 2.32. The molecule has 0 atom stereocenters. The van der Waals surface area contributed by atoms with Gasteiger partial charge in [-0.05, 0) is 62.4 Å². The summed E-state index contributed by atoms with van der Waals surface area (Å²) < 4.78 is 3.76. The normalized spacial score (nSPS) is 14.1. The van der Waals surface area contributed by atoms with Crippen molar-refractivity contribution < 1.29 is 0 Å². The first-order chi connectivity index (χ1) is 13.6. The number of nitrogens with zero attached hydrogens (tertiary/aromatic N) is 5. The van der Waals surface area contributed by atoms with Gasteiger partial charge in [0, 0.05) is 18.8 Å². The highest BCUT2D eigenvalue weighted by molar-refractivity contribution is 5.83. The number of aryl methyl sites for hydroxylation is 2. The first kappa shape index (κ1) is 16.9. The van der Waals surface area contributed by atoms with Gasteiger partial charge in [0.25, 0.3) is 5.56 Å². The molecule has 0 spiro atoms. The van der Waals surface area contributed by atoms with Gasteiger partial charge >= 0.3 is 0 Å². The molecule has 0 aliphatic heterocycles. The van der Waals surface area contributed by atoms with Gasteiger partial charge < -0.3 is 9.88 Å². The van der Waals surface area contributed by atoms with Crippen LogP contribution in [0.4, 0.5) is 11.5 Å². The third-order valence-corrected chi connectivity index (χ3v) is 5.35. The van der Waals surface area contributed by atoms with E-state index in [9.17, 15) is 4.79 Å². The van der Waals surface area contributed by atoms with E-state index in [1.807, 2.05) is 44.4 Å². The van der Waals surface area contributed by atoms with Crippen LogP contribution in [0.25, 0.3) is 22.1 Å². The van der Waals surface area contributed by atoms with Gasteiger partial charge in [-0.25, -0.2) is 15.0 Å². The number of hydrogen-bond acceptors (Lipinski definition) is 5. The molecule has 0 radical (unpaired) electrons. The molecule has 3 heterocycles. The largest absolute Gasteiger partial charge is 0.340 e. The Morgan fingerprint density at radius 1 is 1.14 bits per heavy atom. The molecule has 0 unspecified atom stereocenters. The number of benzene rings is 1. The van der Waals surface area contributed by atoms with Gasteiger partial charge in [0.05, 0.1) is 23.6 Å². The fourth-order valence-corrected chi connectivity index (χ4v) is 3.58. The molecule has 28 heavy (non-hydrogen) atoms. The zero-order valence-corrected chi connectivity index (χ0v) is 16.0. The summed E-state index contributed by atoms with van der Waals surface area (Å²) in [5, 5.41) is 3.95. The molecular weight excluding hydrogens is 352 g/mol. The lowest BCUT2D eigenvalue weighted by Crippen LogP contribution is -2.19. The van der Waals surface area contributed by atoms with E-state index in [4.69, 9.17) is 4.98 Å². The van der Waals surface area contributed by atoms with Crippen LogP contribution in [0, 0.1) is 12.8 Å². The van der Waals surface area contributed by atoms with E-state index in [0.29, 0.717) is 17.4 Å². The maximum Gasteiger partial charge on any atom is 0.261 e. The lowest BCUT2D eigenvalue weighted by molar-refractivity contribution is 0.638. The predicted molar refractivity (Wildman–Crippen MR) is 110 cm³/mol. The third kappa shape index (κ3) is 2.93. The minimum absolute atomic E-state index is 0.0294. The molecule has 0 saturated heterocycles. The maximum atomic E-state index is 12.6. The predicted octanol–water partition coefficient (Wildman–Crippen LogP) is 3.62. The number of hydrogen-bond donors (Lipinski definition) is 1. The van der Waals surface area contributed by atoms with Crippen molar-refractivity contribution in [2.24, 2.45) is 5.92 Å². The number of rotatable bonds is 5. The third-order valence-electron chi connectivity index (χ3n) is 5.35. The second-order valence-electron chi connectivity index (χ2n) is 7.53. The second-order valence-corrected chi connectivity index (χ2v) is 7.53. The first-order valence-electron chi connectivity index (χ1n) is 9.71. The number of nitrogens with one attached hydrogen (secondary N) is 1. The minimum Gasteiger partial charge on any atom is -0.340 e. The van der Waals surface area contributed by atoms with E-state index < -0.39 is 0 Å².